The fourth-order valence-corrected chi connectivity index (χ4v) is 2.60. The molecule has 7 nitrogen and oxygen atoms in total. The zero-order chi connectivity index (χ0) is 18.8. The zero-order valence-corrected chi connectivity index (χ0v) is 14.5. The lowest BCUT2D eigenvalue weighted by Crippen LogP contribution is -2.26. The Balaban J connectivity index is 2.00. The van der Waals surface area contributed by atoms with Crippen molar-refractivity contribution in [1.29, 1.82) is 0 Å². The minimum Gasteiger partial charge on any atom is -0.494 e. The Morgan fingerprint density at radius 2 is 2.08 bits per heavy atom. The standard InChI is InChI=1S/C18H17FN4O3/c1-11(24)21-15-8-12(10-23-7-6-20-17(15)23)18(25)22(2)13-4-5-14(19)16(9-13)26-3/h4-10H,1-3H3,(H,21,24). The monoisotopic (exact) mass is 356 g/mol. The number of halogens is 1. The molecule has 0 fully saturated rings. The first kappa shape index (κ1) is 17.4. The molecule has 0 spiro atoms. The molecule has 0 aliphatic heterocycles. The Bertz CT molecular complexity index is 999. The van der Waals surface area contributed by atoms with Crippen LogP contribution < -0.4 is 15.0 Å². The number of carbonyl (C=O) groups is 2. The van der Waals surface area contributed by atoms with Crippen LogP contribution in [0.15, 0.2) is 42.9 Å². The minimum absolute atomic E-state index is 0.0474. The summed E-state index contributed by atoms with van der Waals surface area (Å²) >= 11 is 0. The lowest BCUT2D eigenvalue weighted by atomic mass is 10.2. The third kappa shape index (κ3) is 3.21. The number of rotatable bonds is 4. The summed E-state index contributed by atoms with van der Waals surface area (Å²) in [5, 5.41) is 2.67. The minimum atomic E-state index is -0.509. The van der Waals surface area contributed by atoms with Gasteiger partial charge in [0.15, 0.2) is 17.2 Å². The van der Waals surface area contributed by atoms with Crippen LogP contribution in [0.1, 0.15) is 17.3 Å². The van der Waals surface area contributed by atoms with Crippen molar-refractivity contribution in [3.8, 4) is 5.75 Å². The van der Waals surface area contributed by atoms with E-state index in [1.165, 1.54) is 37.1 Å². The summed E-state index contributed by atoms with van der Waals surface area (Å²) in [5.74, 6) is -1.06. The van der Waals surface area contributed by atoms with Crippen molar-refractivity contribution in [1.82, 2.24) is 9.38 Å². The number of pyridine rings is 1. The molecule has 0 saturated carbocycles. The molecule has 0 aliphatic carbocycles. The van der Waals surface area contributed by atoms with Gasteiger partial charge in [-0.2, -0.15) is 0 Å². The maximum atomic E-state index is 13.6. The summed E-state index contributed by atoms with van der Waals surface area (Å²) in [6.07, 6.45) is 4.87. The molecule has 1 N–H and O–H groups in total. The molecule has 3 rings (SSSR count). The molecule has 8 heteroatoms. The summed E-state index contributed by atoms with van der Waals surface area (Å²) in [6.45, 7) is 1.38. The van der Waals surface area contributed by atoms with Crippen molar-refractivity contribution < 1.29 is 18.7 Å². The molecule has 3 aromatic rings. The van der Waals surface area contributed by atoms with E-state index >= 15 is 0 Å². The number of methoxy groups -OCH3 is 1. The van der Waals surface area contributed by atoms with Gasteiger partial charge in [0.05, 0.1) is 18.4 Å². The number of imidazole rings is 1. The van der Waals surface area contributed by atoms with Crippen LogP contribution in [-0.4, -0.2) is 35.4 Å². The SMILES string of the molecule is COc1cc(N(C)C(=O)c2cc(NC(C)=O)c3nccn3c2)ccc1F. The molecule has 0 saturated heterocycles. The van der Waals surface area contributed by atoms with Crippen molar-refractivity contribution in [3.63, 3.8) is 0 Å². The quantitative estimate of drug-likeness (QED) is 0.780. The molecule has 1 aromatic carbocycles. The first-order valence-corrected chi connectivity index (χ1v) is 7.76. The lowest BCUT2D eigenvalue weighted by Gasteiger charge is -2.19. The first-order valence-electron chi connectivity index (χ1n) is 7.76. The number of hydrogen-bond acceptors (Lipinski definition) is 4. The second-order valence-corrected chi connectivity index (χ2v) is 5.66. The number of amides is 2. The number of anilines is 2. The number of nitrogens with zero attached hydrogens (tertiary/aromatic N) is 3. The van der Waals surface area contributed by atoms with Crippen LogP contribution in [0.25, 0.3) is 5.65 Å². The number of aromatic nitrogens is 2. The topological polar surface area (TPSA) is 75.9 Å². The van der Waals surface area contributed by atoms with Gasteiger partial charge in [0.25, 0.3) is 5.91 Å². The van der Waals surface area contributed by atoms with E-state index in [0.717, 1.165) is 0 Å². The van der Waals surface area contributed by atoms with Crippen LogP contribution in [0.5, 0.6) is 5.75 Å². The highest BCUT2D eigenvalue weighted by atomic mass is 19.1. The van der Waals surface area contributed by atoms with Gasteiger partial charge < -0.3 is 19.4 Å². The highest BCUT2D eigenvalue weighted by molar-refractivity contribution is 6.07. The summed E-state index contributed by atoms with van der Waals surface area (Å²) < 4.78 is 20.2. The van der Waals surface area contributed by atoms with Crippen LogP contribution in [0.3, 0.4) is 0 Å². The van der Waals surface area contributed by atoms with E-state index in [1.54, 1.807) is 36.1 Å². The van der Waals surface area contributed by atoms with Crippen molar-refractivity contribution in [2.45, 2.75) is 6.92 Å². The van der Waals surface area contributed by atoms with Gasteiger partial charge >= 0.3 is 0 Å². The Labute approximate surface area is 149 Å². The number of nitrogens with one attached hydrogen (secondary N) is 1. The van der Waals surface area contributed by atoms with Gasteiger partial charge in [0.1, 0.15) is 0 Å². The highest BCUT2D eigenvalue weighted by Gasteiger charge is 2.18. The molecular formula is C18H17FN4O3. The van der Waals surface area contributed by atoms with Gasteiger partial charge in [-0.15, -0.1) is 0 Å². The van der Waals surface area contributed by atoms with Gasteiger partial charge in [-0.05, 0) is 18.2 Å². The second kappa shape index (κ2) is 6.83. The van der Waals surface area contributed by atoms with E-state index in [-0.39, 0.29) is 17.6 Å². The van der Waals surface area contributed by atoms with Crippen LogP contribution in [0, 0.1) is 5.82 Å². The smallest absolute Gasteiger partial charge is 0.259 e. The molecule has 26 heavy (non-hydrogen) atoms. The number of carbonyl (C=O) groups excluding carboxylic acids is 2. The first-order chi connectivity index (χ1) is 12.4. The average Bonchev–Trinajstić information content (AvgIpc) is 3.09. The van der Waals surface area contributed by atoms with Gasteiger partial charge in [0.2, 0.25) is 5.91 Å². The van der Waals surface area contributed by atoms with Gasteiger partial charge in [0, 0.05) is 44.3 Å². The van der Waals surface area contributed by atoms with Gasteiger partial charge in [-0.25, -0.2) is 9.37 Å². The van der Waals surface area contributed by atoms with Gasteiger partial charge in [-0.3, -0.25) is 9.59 Å². The van der Waals surface area contributed by atoms with Crippen molar-refractivity contribution in [2.75, 3.05) is 24.4 Å². The van der Waals surface area contributed by atoms with Crippen LogP contribution in [0.2, 0.25) is 0 Å². The van der Waals surface area contributed by atoms with Crippen molar-refractivity contribution in [3.05, 3.63) is 54.2 Å². The zero-order valence-electron chi connectivity index (χ0n) is 14.5. The molecule has 2 aromatic heterocycles. The van der Waals surface area contributed by atoms with E-state index < -0.39 is 5.82 Å². The molecule has 0 atom stereocenters. The van der Waals surface area contributed by atoms with E-state index in [1.807, 2.05) is 0 Å². The van der Waals surface area contributed by atoms with Crippen LogP contribution in [0.4, 0.5) is 15.8 Å². The Morgan fingerprint density at radius 1 is 1.31 bits per heavy atom. The predicted molar refractivity (Wildman–Crippen MR) is 95.2 cm³/mol. The second-order valence-electron chi connectivity index (χ2n) is 5.66. The molecule has 0 radical (unpaired) electrons. The fourth-order valence-electron chi connectivity index (χ4n) is 2.60. The third-order valence-corrected chi connectivity index (χ3v) is 3.87. The fraction of sp³-hybridized carbons (Fsp3) is 0.167. The van der Waals surface area contributed by atoms with E-state index in [9.17, 15) is 14.0 Å². The Hall–Kier alpha value is -3.42. The van der Waals surface area contributed by atoms with E-state index in [0.29, 0.717) is 22.6 Å². The molecule has 134 valence electrons. The molecule has 2 amide bonds. The molecule has 0 aliphatic rings. The van der Waals surface area contributed by atoms with Crippen molar-refractivity contribution in [2.24, 2.45) is 0 Å². The molecular weight excluding hydrogens is 339 g/mol. The van der Waals surface area contributed by atoms with Crippen LogP contribution >= 0.6 is 0 Å². The number of ether oxygens (including phenoxy) is 1. The Kier molecular flexibility index (Phi) is 4.57. The molecule has 2 heterocycles. The molecule has 0 unspecified atom stereocenters. The van der Waals surface area contributed by atoms with E-state index in [2.05, 4.69) is 10.3 Å². The highest BCUT2D eigenvalue weighted by Crippen LogP contribution is 2.26. The summed E-state index contributed by atoms with van der Waals surface area (Å²) in [7, 11) is 2.93. The van der Waals surface area contributed by atoms with Crippen molar-refractivity contribution >= 4 is 28.8 Å². The maximum Gasteiger partial charge on any atom is 0.259 e. The third-order valence-electron chi connectivity index (χ3n) is 3.87. The normalized spacial score (nSPS) is 10.6. The average molecular weight is 356 g/mol. The predicted octanol–water partition coefficient (Wildman–Crippen LogP) is 2.72. The lowest BCUT2D eigenvalue weighted by molar-refractivity contribution is -0.114. The number of fused-ring (bicyclic) bond motifs is 1. The molecule has 0 bridgehead atoms. The summed E-state index contributed by atoms with van der Waals surface area (Å²) in [6, 6.07) is 5.72. The van der Waals surface area contributed by atoms with Crippen LogP contribution in [-0.2, 0) is 4.79 Å². The van der Waals surface area contributed by atoms with E-state index in [4.69, 9.17) is 4.74 Å². The largest absolute Gasteiger partial charge is 0.494 e. The summed E-state index contributed by atoms with van der Waals surface area (Å²) in [4.78, 5) is 29.8. The Morgan fingerprint density at radius 3 is 2.77 bits per heavy atom. The maximum absolute atomic E-state index is 13.6. The number of hydrogen-bond donors (Lipinski definition) is 1. The van der Waals surface area contributed by atoms with Gasteiger partial charge in [-0.1, -0.05) is 0 Å². The number of benzene rings is 1. The summed E-state index contributed by atoms with van der Waals surface area (Å²) in [5.41, 5.74) is 1.77.